The van der Waals surface area contributed by atoms with E-state index in [9.17, 15) is 0 Å². The molecule has 0 N–H and O–H groups in total. The highest BCUT2D eigenvalue weighted by Crippen LogP contribution is 2.41. The Bertz CT molecular complexity index is 3500. The van der Waals surface area contributed by atoms with Gasteiger partial charge >= 0.3 is 0 Å². The van der Waals surface area contributed by atoms with Gasteiger partial charge < -0.3 is 9.13 Å². The van der Waals surface area contributed by atoms with Crippen molar-refractivity contribution in [2.75, 3.05) is 0 Å². The van der Waals surface area contributed by atoms with E-state index < -0.39 is 8.07 Å². The summed E-state index contributed by atoms with van der Waals surface area (Å²) >= 11 is 0. The van der Waals surface area contributed by atoms with E-state index in [-0.39, 0.29) is 0 Å². The first-order valence-electron chi connectivity index (χ1n) is 21.8. The molecule has 63 heavy (non-hydrogen) atoms. The fourth-order valence-corrected chi connectivity index (χ4v) is 15.3. The van der Waals surface area contributed by atoms with Gasteiger partial charge in [0.05, 0.1) is 22.1 Å². The monoisotopic (exact) mass is 818 g/mol. The molecule has 0 bridgehead atoms. The summed E-state index contributed by atoms with van der Waals surface area (Å²) in [5, 5.41) is 10.4. The van der Waals surface area contributed by atoms with E-state index in [1.807, 2.05) is 0 Å². The standard InChI is InChI=1S/C60H42N2Si/c1-6-21-43(22-7-1)45-25-18-26-46(41-45)61-57-40-39-47(42-55(57)54-35-19-34-51(59(54)61)44-23-8-2-9-24-44)62-56-37-17-16-33-52(56)53-36-20-38-58(60(53)62)63(48-27-10-3-11-28-48,49-29-12-4-13-30-49)50-31-14-5-15-32-50/h1-42H. The molecule has 10 aromatic carbocycles. The van der Waals surface area contributed by atoms with Crippen molar-refractivity contribution in [3.8, 4) is 33.6 Å². The molecule has 0 aliphatic carbocycles. The quantitative estimate of drug-likeness (QED) is 0.107. The van der Waals surface area contributed by atoms with Crippen LogP contribution in [0.15, 0.2) is 255 Å². The maximum absolute atomic E-state index is 2.93. The highest BCUT2D eigenvalue weighted by atomic mass is 28.3. The normalized spacial score (nSPS) is 11.8. The molecule has 12 aromatic rings. The van der Waals surface area contributed by atoms with Crippen LogP contribution in [0.2, 0.25) is 0 Å². The van der Waals surface area contributed by atoms with Gasteiger partial charge in [0, 0.05) is 38.5 Å². The molecule has 0 unspecified atom stereocenters. The first-order valence-corrected chi connectivity index (χ1v) is 23.8. The summed E-state index contributed by atoms with van der Waals surface area (Å²) in [6, 6.07) is 94.3. The second kappa shape index (κ2) is 15.2. The molecular formula is C60H42N2Si. The first-order chi connectivity index (χ1) is 31.3. The van der Waals surface area contributed by atoms with Gasteiger partial charge in [0.25, 0.3) is 0 Å². The Kier molecular flexibility index (Phi) is 8.87. The lowest BCUT2D eigenvalue weighted by molar-refractivity contribution is 1.17. The van der Waals surface area contributed by atoms with Crippen LogP contribution in [0.1, 0.15) is 0 Å². The van der Waals surface area contributed by atoms with Crippen LogP contribution >= 0.6 is 0 Å². The van der Waals surface area contributed by atoms with Crippen molar-refractivity contribution in [1.29, 1.82) is 0 Å². The van der Waals surface area contributed by atoms with E-state index in [1.54, 1.807) is 0 Å². The van der Waals surface area contributed by atoms with Crippen LogP contribution in [0.3, 0.4) is 0 Å². The van der Waals surface area contributed by atoms with Crippen LogP contribution in [-0.2, 0) is 0 Å². The fraction of sp³-hybridized carbons (Fsp3) is 0. The van der Waals surface area contributed by atoms with E-state index in [2.05, 4.69) is 264 Å². The topological polar surface area (TPSA) is 9.86 Å². The molecule has 0 aliphatic heterocycles. The summed E-state index contributed by atoms with van der Waals surface area (Å²) in [5.74, 6) is 0. The van der Waals surface area contributed by atoms with Crippen molar-refractivity contribution < 1.29 is 0 Å². The molecule has 0 radical (unpaired) electrons. The van der Waals surface area contributed by atoms with Crippen LogP contribution in [0.25, 0.3) is 77.2 Å². The lowest BCUT2D eigenvalue weighted by atomic mass is 10.0. The zero-order valence-electron chi connectivity index (χ0n) is 34.6. The summed E-state index contributed by atoms with van der Waals surface area (Å²) < 4.78 is 5.05. The average Bonchev–Trinajstić information content (AvgIpc) is 3.89. The molecule has 2 aromatic heterocycles. The SMILES string of the molecule is c1ccc(-c2cccc(-n3c4ccc(-n5c6ccccc6c6cccc([Si](c7ccccc7)(c7ccccc7)c7ccccc7)c65)cc4c4cccc(-c5ccccc5)c43)c2)cc1. The third-order valence-electron chi connectivity index (χ3n) is 13.0. The molecular weight excluding hydrogens is 777 g/mol. The molecule has 2 heterocycles. The second-order valence-electron chi connectivity index (χ2n) is 16.4. The van der Waals surface area contributed by atoms with Gasteiger partial charge in [0.2, 0.25) is 0 Å². The fourth-order valence-electron chi connectivity index (χ4n) is 10.4. The largest absolute Gasteiger partial charge is 0.309 e. The van der Waals surface area contributed by atoms with Crippen molar-refractivity contribution in [1.82, 2.24) is 9.13 Å². The number of nitrogens with zero attached hydrogens (tertiary/aromatic N) is 2. The Morgan fingerprint density at radius 2 is 0.730 bits per heavy atom. The van der Waals surface area contributed by atoms with E-state index in [1.165, 1.54) is 86.6 Å². The van der Waals surface area contributed by atoms with E-state index in [0.717, 1.165) is 11.4 Å². The van der Waals surface area contributed by atoms with Gasteiger partial charge in [0.1, 0.15) is 0 Å². The van der Waals surface area contributed by atoms with Gasteiger partial charge in [-0.25, -0.2) is 0 Å². The summed E-state index contributed by atoms with van der Waals surface area (Å²) in [7, 11) is -2.93. The Labute approximate surface area is 368 Å². The van der Waals surface area contributed by atoms with Crippen LogP contribution < -0.4 is 20.7 Å². The summed E-state index contributed by atoms with van der Waals surface area (Å²) in [5.41, 5.74) is 11.9. The molecule has 3 heteroatoms. The second-order valence-corrected chi connectivity index (χ2v) is 20.2. The Hall–Kier alpha value is -7.98. The van der Waals surface area contributed by atoms with Gasteiger partial charge in [-0.3, -0.25) is 0 Å². The van der Waals surface area contributed by atoms with Gasteiger partial charge in [-0.2, -0.15) is 0 Å². The highest BCUT2D eigenvalue weighted by molar-refractivity contribution is 7.20. The van der Waals surface area contributed by atoms with Crippen LogP contribution in [0.5, 0.6) is 0 Å². The third kappa shape index (κ3) is 5.85. The van der Waals surface area contributed by atoms with Crippen molar-refractivity contribution in [3.63, 3.8) is 0 Å². The first kappa shape index (κ1) is 36.8. The zero-order valence-corrected chi connectivity index (χ0v) is 35.6. The summed E-state index contributed by atoms with van der Waals surface area (Å²) in [6.07, 6.45) is 0. The third-order valence-corrected chi connectivity index (χ3v) is 17.9. The Balaban J connectivity index is 1.19. The maximum atomic E-state index is 2.57. The minimum absolute atomic E-state index is 1.14. The molecule has 0 amide bonds. The van der Waals surface area contributed by atoms with Gasteiger partial charge in [-0.15, -0.1) is 0 Å². The Morgan fingerprint density at radius 3 is 1.38 bits per heavy atom. The van der Waals surface area contributed by atoms with Crippen LogP contribution in [0.4, 0.5) is 0 Å². The smallest absolute Gasteiger partial charge is 0.181 e. The molecule has 0 saturated carbocycles. The number of para-hydroxylation sites is 3. The number of hydrogen-bond acceptors (Lipinski definition) is 0. The number of fused-ring (bicyclic) bond motifs is 6. The molecule has 0 spiro atoms. The zero-order chi connectivity index (χ0) is 41.7. The lowest BCUT2D eigenvalue weighted by Gasteiger charge is -2.35. The predicted octanol–water partition coefficient (Wildman–Crippen LogP) is 12.6. The maximum Gasteiger partial charge on any atom is 0.181 e. The molecule has 2 nitrogen and oxygen atoms in total. The van der Waals surface area contributed by atoms with E-state index >= 15 is 0 Å². The van der Waals surface area contributed by atoms with E-state index in [4.69, 9.17) is 0 Å². The molecule has 12 rings (SSSR count). The average molecular weight is 819 g/mol. The van der Waals surface area contributed by atoms with Crippen LogP contribution in [0, 0.1) is 0 Å². The van der Waals surface area contributed by atoms with Crippen molar-refractivity contribution in [3.05, 3.63) is 255 Å². The van der Waals surface area contributed by atoms with Crippen LogP contribution in [-0.4, -0.2) is 17.2 Å². The summed E-state index contributed by atoms with van der Waals surface area (Å²) in [4.78, 5) is 0. The molecule has 0 atom stereocenters. The van der Waals surface area contributed by atoms with Gasteiger partial charge in [-0.05, 0) is 73.8 Å². The van der Waals surface area contributed by atoms with Crippen molar-refractivity contribution >= 4 is 72.4 Å². The Morgan fingerprint density at radius 1 is 0.270 bits per heavy atom. The number of aromatic nitrogens is 2. The van der Waals surface area contributed by atoms with Gasteiger partial charge in [-0.1, -0.05) is 218 Å². The predicted molar refractivity (Wildman–Crippen MR) is 270 cm³/mol. The number of rotatable bonds is 8. The van der Waals surface area contributed by atoms with E-state index in [0.29, 0.717) is 0 Å². The highest BCUT2D eigenvalue weighted by Gasteiger charge is 2.43. The molecule has 0 aliphatic rings. The molecule has 296 valence electrons. The molecule has 0 saturated heterocycles. The van der Waals surface area contributed by atoms with Crippen molar-refractivity contribution in [2.24, 2.45) is 0 Å². The number of benzene rings is 10. The van der Waals surface area contributed by atoms with Crippen molar-refractivity contribution in [2.45, 2.75) is 0 Å². The molecule has 0 fully saturated rings. The van der Waals surface area contributed by atoms with Gasteiger partial charge in [0.15, 0.2) is 8.07 Å². The minimum Gasteiger partial charge on any atom is -0.309 e. The minimum atomic E-state index is -2.93. The summed E-state index contributed by atoms with van der Waals surface area (Å²) in [6.45, 7) is 0. The lowest BCUT2D eigenvalue weighted by Crippen LogP contribution is -2.75. The number of hydrogen-bond donors (Lipinski definition) is 0.